The van der Waals surface area contributed by atoms with Gasteiger partial charge in [-0.3, -0.25) is 9.59 Å². The molecule has 0 radical (unpaired) electrons. The Hall–Kier alpha value is -3.38. The molecule has 2 aromatic carbocycles. The molecule has 0 N–H and O–H groups in total. The van der Waals surface area contributed by atoms with E-state index in [1.54, 1.807) is 7.11 Å². The van der Waals surface area contributed by atoms with E-state index in [1.807, 2.05) is 37.3 Å². The predicted molar refractivity (Wildman–Crippen MR) is 151 cm³/mol. The molecular weight excluding hydrogens is 490 g/mol. The van der Waals surface area contributed by atoms with Gasteiger partial charge in [-0.25, -0.2) is 0 Å². The predicted octanol–water partition coefficient (Wildman–Crippen LogP) is 6.42. The molecule has 0 bridgehead atoms. The first-order valence-electron chi connectivity index (χ1n) is 14.3. The van der Waals surface area contributed by atoms with Gasteiger partial charge in [-0.2, -0.15) is 0 Å². The van der Waals surface area contributed by atoms with Crippen molar-refractivity contribution in [2.24, 2.45) is 0 Å². The lowest BCUT2D eigenvalue weighted by molar-refractivity contribution is -0.117. The normalized spacial score (nSPS) is 17.9. The van der Waals surface area contributed by atoms with Gasteiger partial charge in [-0.05, 0) is 69.2 Å². The van der Waals surface area contributed by atoms with Crippen LogP contribution in [0.15, 0.2) is 65.0 Å². The van der Waals surface area contributed by atoms with Crippen molar-refractivity contribution in [1.82, 2.24) is 4.90 Å². The zero-order valence-electron chi connectivity index (χ0n) is 23.4. The second-order valence-electron chi connectivity index (χ2n) is 10.6. The number of rotatable bonds is 10. The molecule has 0 unspecified atom stereocenters. The lowest BCUT2D eigenvalue weighted by Gasteiger charge is -2.44. The van der Waals surface area contributed by atoms with Crippen molar-refractivity contribution in [3.63, 3.8) is 0 Å². The molecule has 0 saturated heterocycles. The summed E-state index contributed by atoms with van der Waals surface area (Å²) in [6.07, 6.45) is 5.28. The Bertz CT molecular complexity index is 1260. The van der Waals surface area contributed by atoms with E-state index in [9.17, 15) is 9.59 Å². The summed E-state index contributed by atoms with van der Waals surface area (Å²) in [4.78, 5) is 29.4. The van der Waals surface area contributed by atoms with Crippen LogP contribution in [0.2, 0.25) is 0 Å². The van der Waals surface area contributed by atoms with Gasteiger partial charge in [0.15, 0.2) is 23.1 Å². The fraction of sp³-hybridized carbons (Fsp3) is 0.455. The SMILES string of the molecule is CCOc1cc(C2C3=C(CCCC3=O)N(CCCOC)C3=C2C(=O)CCC3)ccc1OCc1cccc(C)c1. The van der Waals surface area contributed by atoms with Crippen LogP contribution < -0.4 is 9.47 Å². The molecule has 1 heterocycles. The van der Waals surface area contributed by atoms with E-state index in [1.165, 1.54) is 5.56 Å². The molecule has 0 atom stereocenters. The van der Waals surface area contributed by atoms with Crippen LogP contribution in [0.3, 0.4) is 0 Å². The Kier molecular flexibility index (Phi) is 8.51. The Morgan fingerprint density at radius 2 is 1.59 bits per heavy atom. The minimum Gasteiger partial charge on any atom is -0.490 e. The van der Waals surface area contributed by atoms with Gasteiger partial charge < -0.3 is 19.1 Å². The molecule has 0 saturated carbocycles. The van der Waals surface area contributed by atoms with E-state index in [-0.39, 0.29) is 17.5 Å². The van der Waals surface area contributed by atoms with Crippen LogP contribution in [0.4, 0.5) is 0 Å². The Labute approximate surface area is 231 Å². The molecule has 206 valence electrons. The van der Waals surface area contributed by atoms with Gasteiger partial charge in [0.25, 0.3) is 0 Å². The first-order valence-corrected chi connectivity index (χ1v) is 14.3. The van der Waals surface area contributed by atoms with Gasteiger partial charge in [0, 0.05) is 61.6 Å². The summed E-state index contributed by atoms with van der Waals surface area (Å²) in [5, 5.41) is 0. The van der Waals surface area contributed by atoms with E-state index >= 15 is 0 Å². The van der Waals surface area contributed by atoms with E-state index in [0.29, 0.717) is 44.2 Å². The third-order valence-electron chi connectivity index (χ3n) is 7.89. The van der Waals surface area contributed by atoms with Gasteiger partial charge in [0.05, 0.1) is 6.61 Å². The lowest BCUT2D eigenvalue weighted by atomic mass is 9.71. The maximum absolute atomic E-state index is 13.5. The van der Waals surface area contributed by atoms with Gasteiger partial charge >= 0.3 is 0 Å². The molecule has 0 amide bonds. The Morgan fingerprint density at radius 1 is 0.872 bits per heavy atom. The van der Waals surface area contributed by atoms with Crippen molar-refractivity contribution >= 4 is 11.6 Å². The van der Waals surface area contributed by atoms with Gasteiger partial charge in [0.1, 0.15) is 6.61 Å². The van der Waals surface area contributed by atoms with Gasteiger partial charge in [-0.15, -0.1) is 0 Å². The second-order valence-corrected chi connectivity index (χ2v) is 10.6. The van der Waals surface area contributed by atoms with Gasteiger partial charge in [-0.1, -0.05) is 35.9 Å². The molecular formula is C33H39NO5. The van der Waals surface area contributed by atoms with Crippen LogP contribution in [0.5, 0.6) is 11.5 Å². The fourth-order valence-electron chi connectivity index (χ4n) is 6.24. The topological polar surface area (TPSA) is 65.1 Å². The van der Waals surface area contributed by atoms with Crippen LogP contribution >= 0.6 is 0 Å². The molecule has 0 fully saturated rings. The summed E-state index contributed by atoms with van der Waals surface area (Å²) in [6, 6.07) is 14.2. The highest BCUT2D eigenvalue weighted by Crippen LogP contribution is 2.50. The number of hydrogen-bond donors (Lipinski definition) is 0. The highest BCUT2D eigenvalue weighted by Gasteiger charge is 2.43. The number of carbonyl (C=O) groups excluding carboxylic acids is 2. The highest BCUT2D eigenvalue weighted by atomic mass is 16.5. The van der Waals surface area contributed by atoms with Crippen LogP contribution in [0.1, 0.15) is 74.5 Å². The fourth-order valence-corrected chi connectivity index (χ4v) is 6.24. The summed E-state index contributed by atoms with van der Waals surface area (Å²) >= 11 is 0. The zero-order chi connectivity index (χ0) is 27.4. The molecule has 0 spiro atoms. The molecule has 1 aliphatic heterocycles. The molecule has 2 aliphatic carbocycles. The van der Waals surface area contributed by atoms with Crippen molar-refractivity contribution < 1.29 is 23.8 Å². The zero-order valence-corrected chi connectivity index (χ0v) is 23.4. The number of benzene rings is 2. The molecule has 39 heavy (non-hydrogen) atoms. The van der Waals surface area contributed by atoms with E-state index in [4.69, 9.17) is 14.2 Å². The first-order chi connectivity index (χ1) is 19.0. The Balaban J connectivity index is 1.55. The quantitative estimate of drug-likeness (QED) is 0.331. The van der Waals surface area contributed by atoms with Crippen molar-refractivity contribution in [2.45, 2.75) is 71.3 Å². The monoisotopic (exact) mass is 529 g/mol. The summed E-state index contributed by atoms with van der Waals surface area (Å²) < 4.78 is 17.6. The Morgan fingerprint density at radius 3 is 2.23 bits per heavy atom. The summed E-state index contributed by atoms with van der Waals surface area (Å²) in [5.41, 5.74) is 6.98. The molecule has 5 rings (SSSR count). The first kappa shape index (κ1) is 27.2. The maximum atomic E-state index is 13.5. The number of Topliss-reactive ketones (excluding diaryl/α,β-unsaturated/α-hetero) is 2. The lowest BCUT2D eigenvalue weighted by Crippen LogP contribution is -2.39. The highest BCUT2D eigenvalue weighted by molar-refractivity contribution is 6.06. The standard InChI is InChI=1S/C33H39NO5/c1-4-38-30-20-24(15-16-29(30)39-21-23-10-5-9-22(2)19-23)31-32-25(11-6-13-27(32)35)34(17-8-18-37-3)26-12-7-14-28(36)33(26)31/h5,9-10,15-16,19-20,31H,4,6-8,11-14,17-18,21H2,1-3H3. The number of hydrogen-bond acceptors (Lipinski definition) is 6. The van der Waals surface area contributed by atoms with Crippen molar-refractivity contribution in [2.75, 3.05) is 26.9 Å². The van der Waals surface area contributed by atoms with Crippen LogP contribution in [-0.4, -0.2) is 43.3 Å². The number of methoxy groups -OCH3 is 1. The summed E-state index contributed by atoms with van der Waals surface area (Å²) in [6.45, 7) is 6.35. The van der Waals surface area contributed by atoms with E-state index < -0.39 is 0 Å². The van der Waals surface area contributed by atoms with E-state index in [0.717, 1.165) is 72.3 Å². The van der Waals surface area contributed by atoms with Crippen molar-refractivity contribution in [1.29, 1.82) is 0 Å². The third-order valence-corrected chi connectivity index (χ3v) is 7.89. The minimum absolute atomic E-state index is 0.153. The molecule has 3 aliphatic rings. The van der Waals surface area contributed by atoms with E-state index in [2.05, 4.69) is 24.0 Å². The number of ketones is 2. The average molecular weight is 530 g/mol. The van der Waals surface area contributed by atoms with Crippen LogP contribution in [0.25, 0.3) is 0 Å². The third kappa shape index (κ3) is 5.67. The molecule has 6 nitrogen and oxygen atoms in total. The molecule has 2 aromatic rings. The number of allylic oxidation sites excluding steroid dienone is 4. The van der Waals surface area contributed by atoms with Crippen LogP contribution in [-0.2, 0) is 20.9 Å². The average Bonchev–Trinajstić information content (AvgIpc) is 2.93. The minimum atomic E-state index is -0.362. The molecule has 6 heteroatoms. The maximum Gasteiger partial charge on any atom is 0.161 e. The number of carbonyl (C=O) groups is 2. The van der Waals surface area contributed by atoms with Crippen LogP contribution in [0, 0.1) is 6.92 Å². The molecule has 0 aromatic heterocycles. The summed E-state index contributed by atoms with van der Waals surface area (Å²) in [5.74, 6) is 1.24. The smallest absolute Gasteiger partial charge is 0.161 e. The number of aryl methyl sites for hydroxylation is 1. The largest absolute Gasteiger partial charge is 0.490 e. The number of nitrogens with zero attached hydrogens (tertiary/aromatic N) is 1. The van der Waals surface area contributed by atoms with Crippen molar-refractivity contribution in [3.8, 4) is 11.5 Å². The van der Waals surface area contributed by atoms with Crippen molar-refractivity contribution in [3.05, 3.63) is 81.7 Å². The number of ether oxygens (including phenoxy) is 3. The second kappa shape index (κ2) is 12.2. The summed E-state index contributed by atoms with van der Waals surface area (Å²) in [7, 11) is 1.71. The van der Waals surface area contributed by atoms with Gasteiger partial charge in [0.2, 0.25) is 0 Å².